The lowest BCUT2D eigenvalue weighted by atomic mass is 9.96. The van der Waals surface area contributed by atoms with Crippen molar-refractivity contribution in [1.29, 1.82) is 0 Å². The van der Waals surface area contributed by atoms with Crippen molar-refractivity contribution in [2.24, 2.45) is 0 Å². The van der Waals surface area contributed by atoms with Crippen LogP contribution >= 0.6 is 0 Å². The zero-order chi connectivity index (χ0) is 20.3. The number of quaternary nitrogens is 2. The first-order valence-corrected chi connectivity index (χ1v) is 11.2. The maximum atomic E-state index is 3.92. The molecule has 0 aliphatic carbocycles. The van der Waals surface area contributed by atoms with Gasteiger partial charge in [0.1, 0.15) is 38.8 Å². The molecule has 29 heavy (non-hydrogen) atoms. The van der Waals surface area contributed by atoms with Gasteiger partial charge in [-0.05, 0) is 29.2 Å². The number of rotatable bonds is 8. The normalized spacial score (nSPS) is 28.2. The van der Waals surface area contributed by atoms with E-state index in [-0.39, 0.29) is 0 Å². The van der Waals surface area contributed by atoms with Crippen molar-refractivity contribution < 1.29 is 8.97 Å². The van der Waals surface area contributed by atoms with Gasteiger partial charge in [-0.25, -0.2) is 0 Å². The molecular formula is C27H36N2+2. The van der Waals surface area contributed by atoms with Gasteiger partial charge in [0.2, 0.25) is 0 Å². The molecule has 1 unspecified atom stereocenters. The van der Waals surface area contributed by atoms with E-state index >= 15 is 0 Å². The Morgan fingerprint density at radius 3 is 1.90 bits per heavy atom. The van der Waals surface area contributed by atoms with E-state index < -0.39 is 0 Å². The second kappa shape index (κ2) is 8.30. The zero-order valence-corrected chi connectivity index (χ0v) is 18.0. The zero-order valence-electron chi connectivity index (χ0n) is 18.0. The monoisotopic (exact) mass is 388 g/mol. The fraction of sp³-hybridized carbons (Fsp3) is 0.407. The standard InChI is InChI=1S/C27H36N2/c1-4-24-8-6-10-26(20-24)12-14-28-16-18-29(19-17-28,23(3)22-28)15-13-27-11-7-9-25(5-2)21-27/h4-11,20-21,23H,1-2,12-19,22H2,3H3/q+2. The van der Waals surface area contributed by atoms with Gasteiger partial charge in [-0.3, -0.25) is 0 Å². The second-order valence-corrected chi connectivity index (χ2v) is 9.33. The van der Waals surface area contributed by atoms with Crippen LogP contribution < -0.4 is 0 Å². The molecule has 3 heterocycles. The van der Waals surface area contributed by atoms with Gasteiger partial charge in [0, 0.05) is 12.8 Å². The Bertz CT molecular complexity index is 874. The van der Waals surface area contributed by atoms with Gasteiger partial charge in [0.15, 0.2) is 0 Å². The molecule has 0 saturated carbocycles. The molecule has 0 radical (unpaired) electrons. The molecular weight excluding hydrogens is 352 g/mol. The van der Waals surface area contributed by atoms with Crippen LogP contribution in [0, 0.1) is 0 Å². The lowest BCUT2D eigenvalue weighted by Crippen LogP contribution is -2.78. The molecule has 2 bridgehead atoms. The molecule has 1 atom stereocenters. The Hall–Kier alpha value is -2.16. The predicted octanol–water partition coefficient (Wildman–Crippen LogP) is 4.81. The quantitative estimate of drug-likeness (QED) is 0.570. The van der Waals surface area contributed by atoms with E-state index in [9.17, 15) is 0 Å². The molecule has 5 rings (SSSR count). The summed E-state index contributed by atoms with van der Waals surface area (Å²) in [6, 6.07) is 18.6. The topological polar surface area (TPSA) is 0 Å². The Morgan fingerprint density at radius 2 is 1.38 bits per heavy atom. The summed E-state index contributed by atoms with van der Waals surface area (Å²) < 4.78 is 2.65. The molecule has 0 aromatic heterocycles. The van der Waals surface area contributed by atoms with Crippen LogP contribution in [0.1, 0.15) is 29.2 Å². The number of nitrogens with zero attached hydrogens (tertiary/aromatic N) is 2. The maximum Gasteiger partial charge on any atom is 0.136 e. The van der Waals surface area contributed by atoms with E-state index in [1.807, 2.05) is 12.2 Å². The van der Waals surface area contributed by atoms with Gasteiger partial charge < -0.3 is 8.97 Å². The second-order valence-electron chi connectivity index (χ2n) is 9.33. The van der Waals surface area contributed by atoms with E-state index in [1.54, 1.807) is 0 Å². The number of hydrogen-bond acceptors (Lipinski definition) is 0. The lowest BCUT2D eigenvalue weighted by molar-refractivity contribution is -1.09. The summed E-state index contributed by atoms with van der Waals surface area (Å²) in [7, 11) is 0. The highest BCUT2D eigenvalue weighted by Gasteiger charge is 2.52. The highest BCUT2D eigenvalue weighted by atomic mass is 15.5. The van der Waals surface area contributed by atoms with Crippen LogP contribution in [0.15, 0.2) is 61.7 Å². The minimum atomic E-state index is 0.764. The fourth-order valence-electron chi connectivity index (χ4n) is 5.63. The van der Waals surface area contributed by atoms with Crippen molar-refractivity contribution in [1.82, 2.24) is 0 Å². The van der Waals surface area contributed by atoms with Crippen LogP contribution in [0.5, 0.6) is 0 Å². The Morgan fingerprint density at radius 1 is 0.828 bits per heavy atom. The van der Waals surface area contributed by atoms with Gasteiger partial charge in [-0.2, -0.15) is 0 Å². The third kappa shape index (κ3) is 4.24. The number of piperazine rings is 3. The molecule has 0 N–H and O–H groups in total. The molecule has 3 fully saturated rings. The molecule has 2 heteroatoms. The van der Waals surface area contributed by atoms with Crippen molar-refractivity contribution in [3.05, 3.63) is 83.9 Å². The van der Waals surface area contributed by atoms with Gasteiger partial charge in [-0.1, -0.05) is 73.8 Å². The average molecular weight is 389 g/mol. The number of benzene rings is 2. The summed E-state index contributed by atoms with van der Waals surface area (Å²) in [6.07, 6.45) is 6.27. The smallest absolute Gasteiger partial charge is 0.136 e. The largest absolute Gasteiger partial charge is 0.309 e. The number of hydrogen-bond donors (Lipinski definition) is 0. The molecule has 152 valence electrons. The molecule has 0 amide bonds. The molecule has 3 aliphatic heterocycles. The number of fused-ring (bicyclic) bond motifs is 3. The molecule has 2 aromatic rings. The van der Waals surface area contributed by atoms with Crippen molar-refractivity contribution in [3.8, 4) is 0 Å². The maximum absolute atomic E-state index is 3.92. The van der Waals surface area contributed by atoms with E-state index in [0.717, 1.165) is 6.04 Å². The summed E-state index contributed by atoms with van der Waals surface area (Å²) in [5.41, 5.74) is 5.40. The minimum absolute atomic E-state index is 0.764. The van der Waals surface area contributed by atoms with Crippen LogP contribution in [0.4, 0.5) is 0 Å². The Kier molecular flexibility index (Phi) is 5.76. The average Bonchev–Trinajstić information content (AvgIpc) is 2.78. The van der Waals surface area contributed by atoms with E-state index in [2.05, 4.69) is 68.6 Å². The third-order valence-corrected chi connectivity index (χ3v) is 7.72. The van der Waals surface area contributed by atoms with Gasteiger partial charge in [0.05, 0.1) is 13.1 Å². The first-order valence-electron chi connectivity index (χ1n) is 11.2. The summed E-state index contributed by atoms with van der Waals surface area (Å²) in [4.78, 5) is 0. The fourth-order valence-corrected chi connectivity index (χ4v) is 5.63. The Labute approximate surface area is 177 Å². The van der Waals surface area contributed by atoms with E-state index in [4.69, 9.17) is 0 Å². The molecule has 3 saturated heterocycles. The molecule has 0 spiro atoms. The lowest BCUT2D eigenvalue weighted by Gasteiger charge is -2.59. The highest BCUT2D eigenvalue weighted by molar-refractivity contribution is 5.48. The SMILES string of the molecule is C=Cc1cccc(CC[N+]23CC[N+](CCc4cccc(C=C)c4)(CC2)C(C)C3)c1. The van der Waals surface area contributed by atoms with Crippen LogP contribution in [0.2, 0.25) is 0 Å². The Balaban J connectivity index is 1.37. The third-order valence-electron chi connectivity index (χ3n) is 7.72. The summed E-state index contributed by atoms with van der Waals surface area (Å²) in [5, 5.41) is 0. The first kappa shape index (κ1) is 20.1. The minimum Gasteiger partial charge on any atom is -0.309 e. The van der Waals surface area contributed by atoms with Crippen molar-refractivity contribution in [2.45, 2.75) is 25.8 Å². The van der Waals surface area contributed by atoms with E-state index in [0.29, 0.717) is 0 Å². The summed E-state index contributed by atoms with van der Waals surface area (Å²) in [6.45, 7) is 19.6. The highest BCUT2D eigenvalue weighted by Crippen LogP contribution is 2.32. The van der Waals surface area contributed by atoms with Crippen LogP contribution in [0.25, 0.3) is 12.2 Å². The van der Waals surface area contributed by atoms with Crippen molar-refractivity contribution in [3.63, 3.8) is 0 Å². The van der Waals surface area contributed by atoms with E-state index in [1.165, 1.54) is 89.9 Å². The van der Waals surface area contributed by atoms with Gasteiger partial charge in [-0.15, -0.1) is 0 Å². The van der Waals surface area contributed by atoms with Crippen molar-refractivity contribution >= 4 is 12.2 Å². The molecule has 3 aliphatic rings. The summed E-state index contributed by atoms with van der Waals surface area (Å²) >= 11 is 0. The summed E-state index contributed by atoms with van der Waals surface area (Å²) in [5.74, 6) is 0. The van der Waals surface area contributed by atoms with Gasteiger partial charge >= 0.3 is 0 Å². The van der Waals surface area contributed by atoms with Crippen LogP contribution in [-0.4, -0.2) is 60.8 Å². The van der Waals surface area contributed by atoms with Gasteiger partial charge in [0.25, 0.3) is 0 Å². The molecule has 2 aromatic carbocycles. The predicted molar refractivity (Wildman–Crippen MR) is 125 cm³/mol. The van der Waals surface area contributed by atoms with Crippen LogP contribution in [-0.2, 0) is 12.8 Å². The van der Waals surface area contributed by atoms with Crippen molar-refractivity contribution in [2.75, 3.05) is 45.8 Å². The molecule has 2 nitrogen and oxygen atoms in total. The van der Waals surface area contributed by atoms with Crippen LogP contribution in [0.3, 0.4) is 0 Å². The first-order chi connectivity index (χ1) is 14.1.